The van der Waals surface area contributed by atoms with Gasteiger partial charge in [0.25, 0.3) is 0 Å². The van der Waals surface area contributed by atoms with Crippen LogP contribution in [0.4, 0.5) is 0 Å². The molecule has 0 bridgehead atoms. The van der Waals surface area contributed by atoms with Gasteiger partial charge in [-0.05, 0) is 190 Å². The molecule has 0 unspecified atom stereocenters. The highest BCUT2D eigenvalue weighted by Crippen LogP contribution is 2.42. The monoisotopic (exact) mass is 1400 g/mol. The molecule has 6 heteroatoms. The Balaban J connectivity index is 0.000000145. The fourth-order valence-electron chi connectivity index (χ4n) is 15.8. The number of hydrogen-bond donors (Lipinski definition) is 0. The molecule has 0 radical (unpaired) electrons. The Morgan fingerprint density at radius 1 is 0.109 bits per heavy atom. The van der Waals surface area contributed by atoms with Crippen LogP contribution in [0.25, 0.3) is 210 Å². The van der Waals surface area contributed by atoms with Crippen molar-refractivity contribution in [2.24, 2.45) is 0 Å². The summed E-state index contributed by atoms with van der Waals surface area (Å²) in [7, 11) is 0. The van der Waals surface area contributed by atoms with Gasteiger partial charge in [0.15, 0.2) is 34.9 Å². The lowest BCUT2D eigenvalue weighted by Crippen LogP contribution is -2.01. The SMILES string of the molecule is c1ccc(-c2cccc(-c3nc(-c4ccccc4-c4ccc5cc(-c6ccc7ccccc7c6)ccc5c4)nc(-c4cccc5c4ccc4ccccc45)n3)c2)cc1.c1ccc(-c2nc(-c3ccccc3-c3ccc4cc(-c5ccc6ccccc6c5)ccc4c3)nc(-c3cc4ccccc4c4ccccc34)n2)cc1. The van der Waals surface area contributed by atoms with Gasteiger partial charge in [-0.3, -0.25) is 0 Å². The maximum Gasteiger partial charge on any atom is 0.164 e. The summed E-state index contributed by atoms with van der Waals surface area (Å²) in [5.74, 6) is 3.84. The molecule has 0 N–H and O–H groups in total. The molecule has 2 heterocycles. The molecule has 21 rings (SSSR count). The van der Waals surface area contributed by atoms with E-state index in [4.69, 9.17) is 29.9 Å². The molecule has 0 amide bonds. The molecular weight excluding hydrogens is 1330 g/mol. The first-order chi connectivity index (χ1) is 54.5. The summed E-state index contributed by atoms with van der Waals surface area (Å²) in [4.78, 5) is 31.3. The van der Waals surface area contributed by atoms with Crippen LogP contribution in [0.15, 0.2) is 400 Å². The molecule has 512 valence electrons. The molecule has 19 aromatic carbocycles. The molecule has 0 aliphatic heterocycles. The van der Waals surface area contributed by atoms with Gasteiger partial charge < -0.3 is 0 Å². The number of nitrogens with zero attached hydrogens (tertiary/aromatic N) is 6. The second kappa shape index (κ2) is 28.0. The number of benzene rings is 19. The smallest absolute Gasteiger partial charge is 0.164 e. The van der Waals surface area contributed by atoms with E-state index in [1.165, 1.54) is 92.3 Å². The second-order valence-electron chi connectivity index (χ2n) is 28.1. The van der Waals surface area contributed by atoms with Crippen LogP contribution >= 0.6 is 0 Å². The first-order valence-corrected chi connectivity index (χ1v) is 37.3. The predicted molar refractivity (Wildman–Crippen MR) is 459 cm³/mol. The second-order valence-corrected chi connectivity index (χ2v) is 28.1. The molecule has 0 saturated heterocycles. The van der Waals surface area contributed by atoms with E-state index >= 15 is 0 Å². The Labute approximate surface area is 636 Å². The lowest BCUT2D eigenvalue weighted by atomic mass is 9.94. The van der Waals surface area contributed by atoms with Crippen molar-refractivity contribution in [3.05, 3.63) is 400 Å². The van der Waals surface area contributed by atoms with Crippen molar-refractivity contribution in [2.75, 3.05) is 0 Å². The average Bonchev–Trinajstić information content (AvgIpc) is 0.927. The summed E-state index contributed by atoms with van der Waals surface area (Å²) in [6.07, 6.45) is 0. The molecule has 0 spiro atoms. The minimum absolute atomic E-state index is 0.630. The topological polar surface area (TPSA) is 77.3 Å². The van der Waals surface area contributed by atoms with E-state index in [0.717, 1.165) is 82.9 Å². The average molecular weight is 1400 g/mol. The summed E-state index contributed by atoms with van der Waals surface area (Å²) >= 11 is 0. The third-order valence-electron chi connectivity index (χ3n) is 21.4. The van der Waals surface area contributed by atoms with Gasteiger partial charge in [0.05, 0.1) is 0 Å². The van der Waals surface area contributed by atoms with Gasteiger partial charge in [0.1, 0.15) is 0 Å². The van der Waals surface area contributed by atoms with E-state index in [-0.39, 0.29) is 0 Å². The van der Waals surface area contributed by atoms with Crippen LogP contribution in [0.3, 0.4) is 0 Å². The van der Waals surface area contributed by atoms with Gasteiger partial charge in [-0.25, -0.2) is 29.9 Å². The largest absolute Gasteiger partial charge is 0.208 e. The van der Waals surface area contributed by atoms with Crippen molar-refractivity contribution < 1.29 is 0 Å². The van der Waals surface area contributed by atoms with Gasteiger partial charge in [0.2, 0.25) is 0 Å². The molecule has 0 aliphatic carbocycles. The van der Waals surface area contributed by atoms with Gasteiger partial charge >= 0.3 is 0 Å². The Morgan fingerprint density at radius 3 is 0.936 bits per heavy atom. The van der Waals surface area contributed by atoms with Crippen LogP contribution in [0, 0.1) is 0 Å². The fourth-order valence-corrected chi connectivity index (χ4v) is 15.8. The van der Waals surface area contributed by atoms with E-state index in [9.17, 15) is 0 Å². The highest BCUT2D eigenvalue weighted by atomic mass is 15.0. The van der Waals surface area contributed by atoms with Crippen LogP contribution < -0.4 is 0 Å². The zero-order valence-electron chi connectivity index (χ0n) is 59.8. The van der Waals surface area contributed by atoms with E-state index < -0.39 is 0 Å². The van der Waals surface area contributed by atoms with Crippen LogP contribution in [-0.4, -0.2) is 29.9 Å². The van der Waals surface area contributed by atoms with Crippen molar-refractivity contribution in [3.63, 3.8) is 0 Å². The lowest BCUT2D eigenvalue weighted by Gasteiger charge is -2.14. The molecule has 110 heavy (non-hydrogen) atoms. The zero-order valence-corrected chi connectivity index (χ0v) is 59.8. The quantitative estimate of drug-likeness (QED) is 0.120. The first kappa shape index (κ1) is 64.8. The predicted octanol–water partition coefficient (Wildman–Crippen LogP) is 27.3. The van der Waals surface area contributed by atoms with Crippen molar-refractivity contribution in [1.82, 2.24) is 29.9 Å². The Morgan fingerprint density at radius 2 is 0.400 bits per heavy atom. The maximum atomic E-state index is 5.30. The van der Waals surface area contributed by atoms with Crippen molar-refractivity contribution >= 4 is 86.2 Å². The van der Waals surface area contributed by atoms with Crippen molar-refractivity contribution in [1.29, 1.82) is 0 Å². The third-order valence-corrected chi connectivity index (χ3v) is 21.4. The standard InChI is InChI=1S/C55H35N3.C49H31N3/c1-2-12-36(13-3-1)40-17-10-18-46(35-40)53-56-54(58-55(57-53)52-23-11-22-49-47-19-7-6-15-38(47)30-31-50(49)52)51-21-9-8-20-48(51)45-29-28-43-33-42(26-27-44(43)34-45)41-25-24-37-14-4-5-16-39(37)32-41;1-2-13-33(14-3-1)47-50-48(52-49(51-47)46-31-39-16-6-7-17-41(39)43-19-9-10-20-44(43)46)45-21-11-8-18-42(45)40-27-26-37-29-36(24-25-38(37)30-40)35-23-22-32-12-4-5-15-34(32)28-35/h1-35H;1-31H. The molecule has 2 aromatic heterocycles. The third kappa shape index (κ3) is 12.4. The normalized spacial score (nSPS) is 11.5. The highest BCUT2D eigenvalue weighted by molar-refractivity contribution is 6.14. The van der Waals surface area contributed by atoms with Crippen LogP contribution in [0.1, 0.15) is 0 Å². The zero-order chi connectivity index (χ0) is 72.9. The van der Waals surface area contributed by atoms with E-state index in [1.807, 2.05) is 24.3 Å². The van der Waals surface area contributed by atoms with Crippen molar-refractivity contribution in [2.45, 2.75) is 0 Å². The molecule has 0 saturated carbocycles. The number of aromatic nitrogens is 6. The van der Waals surface area contributed by atoms with Crippen LogP contribution in [0.2, 0.25) is 0 Å². The number of hydrogen-bond acceptors (Lipinski definition) is 6. The van der Waals surface area contributed by atoms with Gasteiger partial charge in [-0.15, -0.1) is 0 Å². The Kier molecular flexibility index (Phi) is 16.5. The minimum atomic E-state index is 0.630. The minimum Gasteiger partial charge on any atom is -0.208 e. The lowest BCUT2D eigenvalue weighted by molar-refractivity contribution is 1.08. The molecule has 0 fully saturated rings. The highest BCUT2D eigenvalue weighted by Gasteiger charge is 2.22. The Bertz CT molecular complexity index is 7170. The molecule has 0 atom stereocenters. The van der Waals surface area contributed by atoms with E-state index in [2.05, 4.69) is 376 Å². The Hall–Kier alpha value is -14.7. The fraction of sp³-hybridized carbons (Fsp3) is 0. The summed E-state index contributed by atoms with van der Waals surface area (Å²) in [5.41, 5.74) is 17.2. The summed E-state index contributed by atoms with van der Waals surface area (Å²) in [6.45, 7) is 0. The first-order valence-electron chi connectivity index (χ1n) is 37.3. The summed E-state index contributed by atoms with van der Waals surface area (Å²) in [5, 5.41) is 19.1. The number of rotatable bonds is 11. The van der Waals surface area contributed by atoms with Gasteiger partial charge in [0, 0.05) is 33.4 Å². The van der Waals surface area contributed by atoms with Gasteiger partial charge in [-0.1, -0.05) is 352 Å². The maximum absolute atomic E-state index is 5.30. The molecule has 0 aliphatic rings. The van der Waals surface area contributed by atoms with Gasteiger partial charge in [-0.2, -0.15) is 0 Å². The van der Waals surface area contributed by atoms with Crippen molar-refractivity contribution in [3.8, 4) is 124 Å². The summed E-state index contributed by atoms with van der Waals surface area (Å²) in [6, 6.07) is 142. The molecular formula is C104H66N6. The number of fused-ring (bicyclic) bond motifs is 10. The van der Waals surface area contributed by atoms with E-state index in [1.54, 1.807) is 0 Å². The molecule has 21 aromatic rings. The summed E-state index contributed by atoms with van der Waals surface area (Å²) < 4.78 is 0. The van der Waals surface area contributed by atoms with Crippen LogP contribution in [0.5, 0.6) is 0 Å². The van der Waals surface area contributed by atoms with Crippen LogP contribution in [-0.2, 0) is 0 Å². The molecule has 6 nitrogen and oxygen atoms in total. The van der Waals surface area contributed by atoms with E-state index in [0.29, 0.717) is 34.9 Å².